The van der Waals surface area contributed by atoms with E-state index in [4.69, 9.17) is 0 Å². The molecule has 1 aliphatic heterocycles. The number of nitrogens with zero attached hydrogens (tertiary/aromatic N) is 2. The van der Waals surface area contributed by atoms with Gasteiger partial charge in [-0.25, -0.2) is 8.42 Å². The number of aryl methyl sites for hydroxylation is 1. The van der Waals surface area contributed by atoms with Gasteiger partial charge in [0.05, 0.1) is 0 Å². The van der Waals surface area contributed by atoms with Crippen molar-refractivity contribution in [3.05, 3.63) is 30.0 Å². The molecule has 0 amide bonds. The molecule has 1 fully saturated rings. The van der Waals surface area contributed by atoms with Crippen LogP contribution in [0.15, 0.2) is 29.2 Å². The van der Waals surface area contributed by atoms with Gasteiger partial charge in [-0.05, 0) is 19.9 Å². The molecule has 1 atom stereocenters. The van der Waals surface area contributed by atoms with Crippen LogP contribution in [0, 0.1) is 6.92 Å². The summed E-state index contributed by atoms with van der Waals surface area (Å²) >= 11 is 0. The third kappa shape index (κ3) is 2.65. The Morgan fingerprint density at radius 2 is 1.95 bits per heavy atom. The largest absolute Gasteiger partial charge is 0.347 e. The standard InChI is InChI=1S/C15H21N3O2S.ClH/c1-11-10-18(9-8-16-11)21(19,20)15-12(2)17(3)14-7-5-4-6-13(14)15;/h4-7,11,16H,8-10H2,1-3H3;1H. The van der Waals surface area contributed by atoms with Crippen molar-refractivity contribution in [2.24, 2.45) is 7.05 Å². The Kier molecular flexibility index (Phi) is 4.87. The van der Waals surface area contributed by atoms with Crippen molar-refractivity contribution < 1.29 is 8.42 Å². The first kappa shape index (κ1) is 17.3. The molecular weight excluding hydrogens is 322 g/mol. The highest BCUT2D eigenvalue weighted by molar-refractivity contribution is 7.89. The minimum Gasteiger partial charge on any atom is -0.347 e. The van der Waals surface area contributed by atoms with Crippen molar-refractivity contribution >= 4 is 33.3 Å². The minimum atomic E-state index is -3.46. The Labute approximate surface area is 137 Å². The van der Waals surface area contributed by atoms with Crippen molar-refractivity contribution in [1.82, 2.24) is 14.2 Å². The maximum Gasteiger partial charge on any atom is 0.245 e. The molecule has 0 saturated carbocycles. The van der Waals surface area contributed by atoms with Crippen molar-refractivity contribution in [2.75, 3.05) is 19.6 Å². The van der Waals surface area contributed by atoms with Crippen LogP contribution >= 0.6 is 12.4 Å². The molecule has 2 aromatic rings. The normalized spacial score (nSPS) is 20.0. The lowest BCUT2D eigenvalue weighted by molar-refractivity contribution is 0.310. The minimum absolute atomic E-state index is 0. The van der Waals surface area contributed by atoms with Crippen molar-refractivity contribution in [3.8, 4) is 0 Å². The lowest BCUT2D eigenvalue weighted by atomic mass is 10.2. The summed E-state index contributed by atoms with van der Waals surface area (Å²) in [6.45, 7) is 5.63. The highest BCUT2D eigenvalue weighted by Crippen LogP contribution is 2.31. The molecular formula is C15H22ClN3O2S. The van der Waals surface area contributed by atoms with Gasteiger partial charge in [-0.15, -0.1) is 12.4 Å². The zero-order chi connectivity index (χ0) is 15.2. The third-order valence-corrected chi connectivity index (χ3v) is 6.31. The van der Waals surface area contributed by atoms with Gasteiger partial charge in [-0.2, -0.15) is 4.31 Å². The molecule has 1 N–H and O–H groups in total. The molecule has 0 radical (unpaired) electrons. The van der Waals surface area contributed by atoms with E-state index in [2.05, 4.69) is 5.32 Å². The smallest absolute Gasteiger partial charge is 0.245 e. The number of para-hydroxylation sites is 1. The van der Waals surface area contributed by atoms with Gasteiger partial charge in [0.25, 0.3) is 0 Å². The SMILES string of the molecule is Cc1c(S(=O)(=O)N2CCNC(C)C2)c2ccccc2n1C.Cl. The van der Waals surface area contributed by atoms with E-state index in [9.17, 15) is 8.42 Å². The Morgan fingerprint density at radius 1 is 1.27 bits per heavy atom. The monoisotopic (exact) mass is 343 g/mol. The first-order valence-corrected chi connectivity index (χ1v) is 8.64. The van der Waals surface area contributed by atoms with Gasteiger partial charge in [0.2, 0.25) is 10.0 Å². The average Bonchev–Trinajstić information content (AvgIpc) is 2.72. The van der Waals surface area contributed by atoms with E-state index in [1.54, 1.807) is 4.31 Å². The van der Waals surface area contributed by atoms with Crippen molar-refractivity contribution in [2.45, 2.75) is 24.8 Å². The fraction of sp³-hybridized carbons (Fsp3) is 0.467. The maximum atomic E-state index is 13.1. The highest BCUT2D eigenvalue weighted by Gasteiger charge is 2.32. The molecule has 1 saturated heterocycles. The van der Waals surface area contributed by atoms with Gasteiger partial charge in [-0.1, -0.05) is 18.2 Å². The number of hydrogen-bond donors (Lipinski definition) is 1. The Morgan fingerprint density at radius 3 is 2.64 bits per heavy atom. The second-order valence-corrected chi connectivity index (χ2v) is 7.58. The van der Waals surface area contributed by atoms with Crippen LogP contribution in [0.1, 0.15) is 12.6 Å². The van der Waals surface area contributed by atoms with Crippen LogP contribution < -0.4 is 5.32 Å². The summed E-state index contributed by atoms with van der Waals surface area (Å²) in [6.07, 6.45) is 0. The van der Waals surface area contributed by atoms with Gasteiger partial charge in [0.1, 0.15) is 4.90 Å². The molecule has 1 aromatic heterocycles. The first-order chi connectivity index (χ1) is 9.93. The Hall–Kier alpha value is -1.08. The van der Waals surface area contributed by atoms with Crippen LogP contribution in [-0.4, -0.2) is 43.0 Å². The molecule has 1 aliphatic rings. The first-order valence-electron chi connectivity index (χ1n) is 7.20. The van der Waals surface area contributed by atoms with Crippen molar-refractivity contribution in [3.63, 3.8) is 0 Å². The maximum absolute atomic E-state index is 13.1. The van der Waals surface area contributed by atoms with Crippen LogP contribution in [-0.2, 0) is 17.1 Å². The molecule has 0 spiro atoms. The summed E-state index contributed by atoms with van der Waals surface area (Å²) in [7, 11) is -1.55. The molecule has 0 bridgehead atoms. The molecule has 1 aromatic carbocycles. The summed E-state index contributed by atoms with van der Waals surface area (Å²) in [4.78, 5) is 0.453. The molecule has 2 heterocycles. The second kappa shape index (κ2) is 6.20. The Bertz CT molecular complexity index is 785. The fourth-order valence-corrected chi connectivity index (χ4v) is 5.03. The van der Waals surface area contributed by atoms with E-state index < -0.39 is 10.0 Å². The number of benzene rings is 1. The third-order valence-electron chi connectivity index (χ3n) is 4.27. The van der Waals surface area contributed by atoms with E-state index in [1.807, 2.05) is 49.7 Å². The zero-order valence-corrected chi connectivity index (χ0v) is 14.7. The number of halogens is 1. The number of fused-ring (bicyclic) bond motifs is 1. The molecule has 3 rings (SSSR count). The number of nitrogens with one attached hydrogen (secondary N) is 1. The van der Waals surface area contributed by atoms with Gasteiger partial charge in [-0.3, -0.25) is 0 Å². The number of aromatic nitrogens is 1. The van der Waals surface area contributed by atoms with Gasteiger partial charge < -0.3 is 9.88 Å². The van der Waals surface area contributed by atoms with Gasteiger partial charge >= 0.3 is 0 Å². The molecule has 0 aliphatic carbocycles. The average molecular weight is 344 g/mol. The predicted octanol–water partition coefficient (Wildman–Crippen LogP) is 1.89. The molecule has 7 heteroatoms. The van der Waals surface area contributed by atoms with Crippen LogP contribution in [0.5, 0.6) is 0 Å². The molecule has 1 unspecified atom stereocenters. The van der Waals surface area contributed by atoms with Crippen LogP contribution in [0.3, 0.4) is 0 Å². The van der Waals surface area contributed by atoms with Crippen molar-refractivity contribution in [1.29, 1.82) is 0 Å². The summed E-state index contributed by atoms with van der Waals surface area (Å²) in [5.74, 6) is 0. The summed E-state index contributed by atoms with van der Waals surface area (Å²) in [5.41, 5.74) is 1.75. The zero-order valence-electron chi connectivity index (χ0n) is 13.0. The van der Waals surface area contributed by atoms with E-state index in [0.29, 0.717) is 24.5 Å². The summed E-state index contributed by atoms with van der Waals surface area (Å²) in [6, 6.07) is 7.86. The van der Waals surface area contributed by atoms with E-state index >= 15 is 0 Å². The number of sulfonamides is 1. The highest BCUT2D eigenvalue weighted by atomic mass is 35.5. The predicted molar refractivity (Wildman–Crippen MR) is 91.1 cm³/mol. The van der Waals surface area contributed by atoms with Gasteiger partial charge in [0.15, 0.2) is 0 Å². The number of piperazine rings is 1. The second-order valence-electron chi connectivity index (χ2n) is 5.71. The number of rotatable bonds is 2. The fourth-order valence-electron chi connectivity index (χ4n) is 3.06. The van der Waals surface area contributed by atoms with E-state index in [1.165, 1.54) is 0 Å². The lowest BCUT2D eigenvalue weighted by Crippen LogP contribution is -2.51. The quantitative estimate of drug-likeness (QED) is 0.906. The lowest BCUT2D eigenvalue weighted by Gasteiger charge is -2.31. The number of hydrogen-bond acceptors (Lipinski definition) is 3. The van der Waals surface area contributed by atoms with E-state index in [0.717, 1.165) is 16.6 Å². The molecule has 122 valence electrons. The van der Waals surface area contributed by atoms with Crippen LogP contribution in [0.2, 0.25) is 0 Å². The Balaban J connectivity index is 0.00000176. The van der Waals surface area contributed by atoms with Crippen LogP contribution in [0.25, 0.3) is 10.9 Å². The summed E-state index contributed by atoms with van der Waals surface area (Å²) < 4.78 is 29.7. The summed E-state index contributed by atoms with van der Waals surface area (Å²) in [5, 5.41) is 4.09. The molecule has 22 heavy (non-hydrogen) atoms. The van der Waals surface area contributed by atoms with Gasteiger partial charge in [0, 0.05) is 49.3 Å². The van der Waals surface area contributed by atoms with Crippen LogP contribution in [0.4, 0.5) is 0 Å². The molecule has 5 nitrogen and oxygen atoms in total. The topological polar surface area (TPSA) is 54.3 Å². The van der Waals surface area contributed by atoms with E-state index in [-0.39, 0.29) is 18.4 Å².